The van der Waals surface area contributed by atoms with Crippen LogP contribution < -0.4 is 0 Å². The normalized spacial score (nSPS) is 24.9. The molecule has 84 valence electrons. The largest absolute Gasteiger partial charge is 0.378 e. The number of rotatable bonds is 4. The molecule has 0 radical (unpaired) electrons. The summed E-state index contributed by atoms with van der Waals surface area (Å²) >= 11 is 0. The van der Waals surface area contributed by atoms with E-state index in [-0.39, 0.29) is 0 Å². The molecular formula is C12H25NO. The average Bonchev–Trinajstić information content (AvgIpc) is 2.15. The molecule has 0 aliphatic carbocycles. The van der Waals surface area contributed by atoms with E-state index >= 15 is 0 Å². The van der Waals surface area contributed by atoms with Gasteiger partial charge in [-0.2, -0.15) is 0 Å². The van der Waals surface area contributed by atoms with Gasteiger partial charge >= 0.3 is 0 Å². The van der Waals surface area contributed by atoms with Crippen molar-refractivity contribution >= 4 is 0 Å². The first kappa shape index (κ1) is 12.0. The van der Waals surface area contributed by atoms with E-state index in [4.69, 9.17) is 4.74 Å². The Labute approximate surface area is 88.6 Å². The lowest BCUT2D eigenvalue weighted by molar-refractivity contribution is 0.0205. The van der Waals surface area contributed by atoms with Crippen molar-refractivity contribution in [3.63, 3.8) is 0 Å². The number of hydrogen-bond donors (Lipinski definition) is 0. The Morgan fingerprint density at radius 2 is 2.00 bits per heavy atom. The molecule has 0 unspecified atom stereocenters. The molecule has 2 heteroatoms. The van der Waals surface area contributed by atoms with Crippen LogP contribution in [0, 0.1) is 5.92 Å². The van der Waals surface area contributed by atoms with Crippen molar-refractivity contribution in [3.8, 4) is 0 Å². The number of likely N-dealkylation sites (tertiary alicyclic amines) is 1. The van der Waals surface area contributed by atoms with Gasteiger partial charge in [-0.1, -0.05) is 0 Å². The second kappa shape index (κ2) is 5.72. The summed E-state index contributed by atoms with van der Waals surface area (Å²) in [6.07, 6.45) is 3.06. The van der Waals surface area contributed by atoms with Crippen molar-refractivity contribution in [2.45, 2.75) is 52.7 Å². The van der Waals surface area contributed by atoms with Gasteiger partial charge in [0, 0.05) is 12.6 Å². The summed E-state index contributed by atoms with van der Waals surface area (Å²) in [4.78, 5) is 2.57. The summed E-state index contributed by atoms with van der Waals surface area (Å²) in [5, 5.41) is 0. The van der Waals surface area contributed by atoms with E-state index in [1.807, 2.05) is 0 Å². The molecule has 1 fully saturated rings. The van der Waals surface area contributed by atoms with Crippen molar-refractivity contribution in [3.05, 3.63) is 0 Å². The molecule has 0 aromatic carbocycles. The molecule has 14 heavy (non-hydrogen) atoms. The van der Waals surface area contributed by atoms with Crippen LogP contribution in [-0.4, -0.2) is 36.7 Å². The Kier molecular flexibility index (Phi) is 4.90. The summed E-state index contributed by atoms with van der Waals surface area (Å²) in [6, 6.07) is 0.692. The molecule has 0 bridgehead atoms. The fourth-order valence-electron chi connectivity index (χ4n) is 2.03. The van der Waals surface area contributed by atoms with Gasteiger partial charge in [-0.05, 0) is 53.0 Å². The van der Waals surface area contributed by atoms with Crippen LogP contribution in [0.25, 0.3) is 0 Å². The maximum Gasteiger partial charge on any atom is 0.0519 e. The van der Waals surface area contributed by atoms with Gasteiger partial charge in [0.25, 0.3) is 0 Å². The first-order valence-corrected chi connectivity index (χ1v) is 5.95. The maximum atomic E-state index is 5.68. The predicted octanol–water partition coefficient (Wildman–Crippen LogP) is 2.53. The third-order valence-corrected chi connectivity index (χ3v) is 2.95. The van der Waals surface area contributed by atoms with Crippen molar-refractivity contribution < 1.29 is 4.74 Å². The number of ether oxygens (including phenoxy) is 1. The van der Waals surface area contributed by atoms with E-state index in [2.05, 4.69) is 32.6 Å². The van der Waals surface area contributed by atoms with Gasteiger partial charge in [0.2, 0.25) is 0 Å². The van der Waals surface area contributed by atoms with Gasteiger partial charge < -0.3 is 9.64 Å². The van der Waals surface area contributed by atoms with E-state index in [1.54, 1.807) is 0 Å². The van der Waals surface area contributed by atoms with E-state index in [1.165, 1.54) is 25.9 Å². The third kappa shape index (κ3) is 3.97. The van der Waals surface area contributed by atoms with E-state index in [9.17, 15) is 0 Å². The molecular weight excluding hydrogens is 174 g/mol. The molecule has 1 atom stereocenters. The Balaban J connectivity index is 2.25. The summed E-state index contributed by atoms with van der Waals surface area (Å²) in [6.45, 7) is 12.2. The van der Waals surface area contributed by atoms with Crippen LogP contribution in [0.3, 0.4) is 0 Å². The van der Waals surface area contributed by atoms with Gasteiger partial charge in [-0.3, -0.25) is 0 Å². The molecule has 1 rings (SSSR count). The Bertz CT molecular complexity index is 156. The highest BCUT2D eigenvalue weighted by atomic mass is 16.5. The van der Waals surface area contributed by atoms with Crippen molar-refractivity contribution in [1.29, 1.82) is 0 Å². The first-order valence-electron chi connectivity index (χ1n) is 5.95. The smallest absolute Gasteiger partial charge is 0.0519 e. The zero-order valence-corrected chi connectivity index (χ0v) is 10.1. The molecule has 1 aliphatic rings. The summed E-state index contributed by atoms with van der Waals surface area (Å²) in [5.74, 6) is 0.758. The lowest BCUT2D eigenvalue weighted by atomic mass is 9.98. The highest BCUT2D eigenvalue weighted by molar-refractivity contribution is 4.75. The highest BCUT2D eigenvalue weighted by Gasteiger charge is 2.21. The number of piperidine rings is 1. The molecule has 0 amide bonds. The van der Waals surface area contributed by atoms with Gasteiger partial charge in [0.05, 0.1) is 12.7 Å². The number of nitrogens with zero attached hydrogens (tertiary/aromatic N) is 1. The summed E-state index contributed by atoms with van der Waals surface area (Å²) in [5.41, 5.74) is 0. The van der Waals surface area contributed by atoms with Gasteiger partial charge in [-0.25, -0.2) is 0 Å². The molecule has 0 aromatic heterocycles. The van der Waals surface area contributed by atoms with Crippen molar-refractivity contribution in [2.75, 3.05) is 19.7 Å². The number of hydrogen-bond acceptors (Lipinski definition) is 2. The SMILES string of the molecule is CC(C)OC[C@@H]1CCCN(C(C)C)C1. The molecule has 1 heterocycles. The summed E-state index contributed by atoms with van der Waals surface area (Å²) < 4.78 is 5.68. The molecule has 0 saturated carbocycles. The topological polar surface area (TPSA) is 12.5 Å². The lowest BCUT2D eigenvalue weighted by Gasteiger charge is -2.35. The van der Waals surface area contributed by atoms with Crippen LogP contribution in [0.5, 0.6) is 0 Å². The first-order chi connectivity index (χ1) is 6.59. The second-order valence-electron chi connectivity index (χ2n) is 4.98. The summed E-state index contributed by atoms with van der Waals surface area (Å²) in [7, 11) is 0. The van der Waals surface area contributed by atoms with Crippen molar-refractivity contribution in [2.24, 2.45) is 5.92 Å². The standard InChI is InChI=1S/C12H25NO/c1-10(2)13-7-5-6-12(8-13)9-14-11(3)4/h10-12H,5-9H2,1-4H3/t12-/m1/s1. The lowest BCUT2D eigenvalue weighted by Crippen LogP contribution is -2.41. The molecule has 0 spiro atoms. The van der Waals surface area contributed by atoms with Gasteiger partial charge in [-0.15, -0.1) is 0 Å². The van der Waals surface area contributed by atoms with Crippen LogP contribution in [0.15, 0.2) is 0 Å². The minimum Gasteiger partial charge on any atom is -0.378 e. The van der Waals surface area contributed by atoms with Crippen LogP contribution >= 0.6 is 0 Å². The average molecular weight is 199 g/mol. The quantitative estimate of drug-likeness (QED) is 0.690. The fraction of sp³-hybridized carbons (Fsp3) is 1.00. The van der Waals surface area contributed by atoms with Crippen LogP contribution in [0.4, 0.5) is 0 Å². The van der Waals surface area contributed by atoms with E-state index in [0.717, 1.165) is 12.5 Å². The Morgan fingerprint density at radius 3 is 2.57 bits per heavy atom. The minimum absolute atomic E-state index is 0.379. The molecule has 0 N–H and O–H groups in total. The van der Waals surface area contributed by atoms with Gasteiger partial charge in [0.1, 0.15) is 0 Å². The maximum absolute atomic E-state index is 5.68. The van der Waals surface area contributed by atoms with Crippen LogP contribution in [0.1, 0.15) is 40.5 Å². The highest BCUT2D eigenvalue weighted by Crippen LogP contribution is 2.18. The van der Waals surface area contributed by atoms with Crippen LogP contribution in [0.2, 0.25) is 0 Å². The molecule has 1 aliphatic heterocycles. The minimum atomic E-state index is 0.379. The van der Waals surface area contributed by atoms with E-state index < -0.39 is 0 Å². The Hall–Kier alpha value is -0.0800. The third-order valence-electron chi connectivity index (χ3n) is 2.95. The predicted molar refractivity (Wildman–Crippen MR) is 60.5 cm³/mol. The second-order valence-corrected chi connectivity index (χ2v) is 4.98. The monoisotopic (exact) mass is 199 g/mol. The fourth-order valence-corrected chi connectivity index (χ4v) is 2.03. The van der Waals surface area contributed by atoms with Crippen LogP contribution in [-0.2, 0) is 4.74 Å². The molecule has 1 saturated heterocycles. The Morgan fingerprint density at radius 1 is 1.29 bits per heavy atom. The van der Waals surface area contributed by atoms with Gasteiger partial charge in [0.15, 0.2) is 0 Å². The molecule has 0 aromatic rings. The molecule has 2 nitrogen and oxygen atoms in total. The van der Waals surface area contributed by atoms with Crippen molar-refractivity contribution in [1.82, 2.24) is 4.90 Å². The van der Waals surface area contributed by atoms with E-state index in [0.29, 0.717) is 12.1 Å². The zero-order valence-electron chi connectivity index (χ0n) is 10.1. The zero-order chi connectivity index (χ0) is 10.6.